The van der Waals surface area contributed by atoms with Crippen molar-refractivity contribution in [1.82, 2.24) is 0 Å². The molecule has 0 aliphatic carbocycles. The molecule has 0 aromatic heterocycles. The highest BCUT2D eigenvalue weighted by molar-refractivity contribution is 5.73. The average molecular weight is 431 g/mol. The van der Waals surface area contributed by atoms with Crippen LogP contribution in [0.1, 0.15) is 102 Å². The molecule has 1 aromatic rings. The van der Waals surface area contributed by atoms with E-state index >= 15 is 0 Å². The van der Waals surface area contributed by atoms with Crippen LogP contribution in [-0.4, -0.2) is 19.0 Å². The van der Waals surface area contributed by atoms with Gasteiger partial charge in [0.15, 0.2) is 0 Å². The van der Waals surface area contributed by atoms with Gasteiger partial charge in [-0.15, -0.1) is 0 Å². The van der Waals surface area contributed by atoms with Gasteiger partial charge in [0.05, 0.1) is 13.5 Å². The van der Waals surface area contributed by atoms with Crippen LogP contribution in [0.2, 0.25) is 0 Å². The predicted octanol–water partition coefficient (Wildman–Crippen LogP) is 7.35. The van der Waals surface area contributed by atoms with Crippen molar-refractivity contribution in [1.29, 1.82) is 0 Å². The molecule has 0 aliphatic rings. The standard InChI is InChI=1S/C27H42O4/c1-3-4-5-6-7-8-9-10-11-12-13-14-15-16-17-18-26(28)31-25-21-19-24(20-22-25)23-27(29)30-2/h10-11,19-22H,3-9,12-18,23H2,1-2H3/b11-10-. The van der Waals surface area contributed by atoms with Crippen molar-refractivity contribution in [2.24, 2.45) is 0 Å². The van der Waals surface area contributed by atoms with E-state index < -0.39 is 0 Å². The van der Waals surface area contributed by atoms with Crippen molar-refractivity contribution in [2.45, 2.75) is 103 Å². The molecule has 4 heteroatoms. The Balaban J connectivity index is 1.96. The number of rotatable bonds is 18. The van der Waals surface area contributed by atoms with Gasteiger partial charge in [0.1, 0.15) is 5.75 Å². The second kappa shape index (κ2) is 18.7. The maximum absolute atomic E-state index is 11.9. The average Bonchev–Trinajstić information content (AvgIpc) is 2.77. The van der Waals surface area contributed by atoms with Crippen molar-refractivity contribution in [3.63, 3.8) is 0 Å². The minimum atomic E-state index is -0.283. The molecule has 0 fully saturated rings. The molecule has 0 saturated heterocycles. The van der Waals surface area contributed by atoms with Crippen LogP contribution in [0.3, 0.4) is 0 Å². The van der Waals surface area contributed by atoms with Crippen LogP contribution in [-0.2, 0) is 20.7 Å². The number of esters is 2. The quantitative estimate of drug-likeness (QED) is 0.106. The van der Waals surface area contributed by atoms with E-state index in [0.29, 0.717) is 12.2 Å². The van der Waals surface area contributed by atoms with E-state index in [9.17, 15) is 9.59 Å². The van der Waals surface area contributed by atoms with Gasteiger partial charge < -0.3 is 9.47 Å². The first-order valence-corrected chi connectivity index (χ1v) is 12.2. The summed E-state index contributed by atoms with van der Waals surface area (Å²) in [6.45, 7) is 2.26. The Morgan fingerprint density at radius 1 is 0.742 bits per heavy atom. The molecule has 0 radical (unpaired) electrons. The van der Waals surface area contributed by atoms with Gasteiger partial charge in [0.25, 0.3) is 0 Å². The van der Waals surface area contributed by atoms with Gasteiger partial charge in [-0.05, 0) is 49.8 Å². The normalized spacial score (nSPS) is 11.0. The highest BCUT2D eigenvalue weighted by Crippen LogP contribution is 2.15. The van der Waals surface area contributed by atoms with E-state index in [2.05, 4.69) is 23.8 Å². The fourth-order valence-corrected chi connectivity index (χ4v) is 3.44. The summed E-state index contributed by atoms with van der Waals surface area (Å²) in [6.07, 6.45) is 21.5. The molecule has 31 heavy (non-hydrogen) atoms. The Hall–Kier alpha value is -2.10. The second-order valence-corrected chi connectivity index (χ2v) is 8.21. The number of hydrogen-bond donors (Lipinski definition) is 0. The van der Waals surface area contributed by atoms with Gasteiger partial charge in [0.2, 0.25) is 0 Å². The minimum Gasteiger partial charge on any atom is -0.469 e. The number of carbonyl (C=O) groups is 2. The lowest BCUT2D eigenvalue weighted by atomic mass is 10.1. The SMILES string of the molecule is CCCCCCCC/C=C\CCCCCCCC(=O)Oc1ccc(CC(=O)OC)cc1. The van der Waals surface area contributed by atoms with Gasteiger partial charge in [-0.2, -0.15) is 0 Å². The number of carbonyl (C=O) groups excluding carboxylic acids is 2. The predicted molar refractivity (Wildman–Crippen MR) is 127 cm³/mol. The van der Waals surface area contributed by atoms with Crippen LogP contribution < -0.4 is 4.74 Å². The molecular weight excluding hydrogens is 388 g/mol. The topological polar surface area (TPSA) is 52.6 Å². The van der Waals surface area contributed by atoms with Gasteiger partial charge in [-0.1, -0.05) is 82.6 Å². The lowest BCUT2D eigenvalue weighted by Gasteiger charge is -2.06. The Morgan fingerprint density at radius 2 is 1.29 bits per heavy atom. The van der Waals surface area contributed by atoms with Gasteiger partial charge in [0, 0.05) is 6.42 Å². The van der Waals surface area contributed by atoms with Crippen LogP contribution in [0.25, 0.3) is 0 Å². The Bertz CT molecular complexity index is 619. The summed E-state index contributed by atoms with van der Waals surface area (Å²) >= 11 is 0. The van der Waals surface area contributed by atoms with Crippen LogP contribution in [0.4, 0.5) is 0 Å². The summed E-state index contributed by atoms with van der Waals surface area (Å²) in [5.41, 5.74) is 0.837. The first-order valence-electron chi connectivity index (χ1n) is 12.2. The van der Waals surface area contributed by atoms with Gasteiger partial charge >= 0.3 is 11.9 Å². The zero-order chi connectivity index (χ0) is 22.6. The molecule has 0 saturated carbocycles. The van der Waals surface area contributed by atoms with E-state index in [1.165, 1.54) is 77.7 Å². The maximum Gasteiger partial charge on any atom is 0.311 e. The number of methoxy groups -OCH3 is 1. The number of benzene rings is 1. The Kier molecular flexibility index (Phi) is 16.2. The van der Waals surface area contributed by atoms with Crippen LogP contribution in [0.15, 0.2) is 36.4 Å². The molecule has 174 valence electrons. The first-order chi connectivity index (χ1) is 15.2. The summed E-state index contributed by atoms with van der Waals surface area (Å²) in [5, 5.41) is 0. The molecule has 4 nitrogen and oxygen atoms in total. The molecule has 1 rings (SSSR count). The van der Waals surface area contributed by atoms with Crippen molar-refractivity contribution in [2.75, 3.05) is 7.11 Å². The minimum absolute atomic E-state index is 0.196. The van der Waals surface area contributed by atoms with E-state index in [1.54, 1.807) is 24.3 Å². The molecule has 0 bridgehead atoms. The van der Waals surface area contributed by atoms with E-state index in [-0.39, 0.29) is 18.4 Å². The summed E-state index contributed by atoms with van der Waals surface area (Å²) in [4.78, 5) is 23.2. The van der Waals surface area contributed by atoms with Crippen molar-refractivity contribution >= 4 is 11.9 Å². The van der Waals surface area contributed by atoms with E-state index in [0.717, 1.165) is 18.4 Å². The molecule has 0 atom stereocenters. The first kappa shape index (κ1) is 26.9. The summed E-state index contributed by atoms with van der Waals surface area (Å²) in [6, 6.07) is 7.00. The van der Waals surface area contributed by atoms with E-state index in [1.807, 2.05) is 0 Å². The third-order valence-corrected chi connectivity index (χ3v) is 5.37. The number of ether oxygens (including phenoxy) is 2. The highest BCUT2D eigenvalue weighted by atomic mass is 16.5. The molecule has 0 amide bonds. The molecule has 0 heterocycles. The second-order valence-electron chi connectivity index (χ2n) is 8.21. The van der Waals surface area contributed by atoms with Crippen LogP contribution >= 0.6 is 0 Å². The maximum atomic E-state index is 11.9. The summed E-state index contributed by atoms with van der Waals surface area (Å²) < 4.78 is 10.00. The largest absolute Gasteiger partial charge is 0.469 e. The fraction of sp³-hybridized carbons (Fsp3) is 0.630. The fourth-order valence-electron chi connectivity index (χ4n) is 3.44. The molecule has 0 aliphatic heterocycles. The summed E-state index contributed by atoms with van der Waals surface area (Å²) in [5.74, 6) is 0.0404. The zero-order valence-corrected chi connectivity index (χ0v) is 19.7. The van der Waals surface area contributed by atoms with Gasteiger partial charge in [-0.25, -0.2) is 0 Å². The third-order valence-electron chi connectivity index (χ3n) is 5.37. The zero-order valence-electron chi connectivity index (χ0n) is 19.7. The van der Waals surface area contributed by atoms with Crippen LogP contribution in [0, 0.1) is 0 Å². The number of unbranched alkanes of at least 4 members (excludes halogenated alkanes) is 11. The molecule has 0 N–H and O–H groups in total. The van der Waals surface area contributed by atoms with Crippen molar-refractivity contribution in [3.8, 4) is 5.75 Å². The van der Waals surface area contributed by atoms with Gasteiger partial charge in [-0.3, -0.25) is 9.59 Å². The monoisotopic (exact) mass is 430 g/mol. The smallest absolute Gasteiger partial charge is 0.311 e. The lowest BCUT2D eigenvalue weighted by Crippen LogP contribution is -2.08. The molecule has 1 aromatic carbocycles. The Labute approximate surface area is 189 Å². The Morgan fingerprint density at radius 3 is 1.87 bits per heavy atom. The van der Waals surface area contributed by atoms with Crippen molar-refractivity contribution < 1.29 is 19.1 Å². The number of hydrogen-bond acceptors (Lipinski definition) is 4. The molecular formula is C27H42O4. The van der Waals surface area contributed by atoms with E-state index in [4.69, 9.17) is 4.74 Å². The molecule has 0 spiro atoms. The number of allylic oxidation sites excluding steroid dienone is 2. The summed E-state index contributed by atoms with van der Waals surface area (Å²) in [7, 11) is 1.37. The lowest BCUT2D eigenvalue weighted by molar-refractivity contribution is -0.140. The van der Waals surface area contributed by atoms with Crippen LogP contribution in [0.5, 0.6) is 5.75 Å². The highest BCUT2D eigenvalue weighted by Gasteiger charge is 2.06. The van der Waals surface area contributed by atoms with Crippen molar-refractivity contribution in [3.05, 3.63) is 42.0 Å². The third kappa shape index (κ3) is 15.4. The molecule has 0 unspecified atom stereocenters.